The van der Waals surface area contributed by atoms with Crippen molar-refractivity contribution < 1.29 is 18.1 Å². The van der Waals surface area contributed by atoms with Gasteiger partial charge in [-0.15, -0.1) is 0 Å². The summed E-state index contributed by atoms with van der Waals surface area (Å²) in [5.41, 5.74) is 4.84. The largest absolute Gasteiger partial charge is 0.744 e. The molecule has 0 aliphatic heterocycles. The van der Waals surface area contributed by atoms with Crippen LogP contribution < -0.4 is 5.43 Å². The zero-order valence-corrected chi connectivity index (χ0v) is 12.0. The molecular weight excluding hydrogens is 292 g/mol. The van der Waals surface area contributed by atoms with Gasteiger partial charge in [-0.25, -0.2) is 8.42 Å². The normalized spacial score (nSPS) is 12.2. The van der Waals surface area contributed by atoms with Crippen LogP contribution in [0.4, 0.5) is 5.69 Å². The van der Waals surface area contributed by atoms with Crippen molar-refractivity contribution in [2.45, 2.75) is 11.8 Å². The van der Waals surface area contributed by atoms with Crippen molar-refractivity contribution in [3.05, 3.63) is 54.1 Å². The fourth-order valence-corrected chi connectivity index (χ4v) is 2.08. The van der Waals surface area contributed by atoms with Gasteiger partial charge in [0.1, 0.15) is 15.9 Å². The first-order valence-corrected chi connectivity index (χ1v) is 7.43. The molecule has 0 amide bonds. The summed E-state index contributed by atoms with van der Waals surface area (Å²) in [6.07, 6.45) is 0. The van der Waals surface area contributed by atoms with Crippen LogP contribution in [0.1, 0.15) is 12.5 Å². The van der Waals surface area contributed by atoms with E-state index in [4.69, 9.17) is 0 Å². The van der Waals surface area contributed by atoms with E-state index in [0.29, 0.717) is 11.4 Å². The van der Waals surface area contributed by atoms with E-state index in [2.05, 4.69) is 10.5 Å². The summed E-state index contributed by atoms with van der Waals surface area (Å²) in [7, 11) is -4.44. The second kappa shape index (κ2) is 5.94. The van der Waals surface area contributed by atoms with Crippen molar-refractivity contribution in [2.75, 3.05) is 5.43 Å². The van der Waals surface area contributed by atoms with Gasteiger partial charge in [-0.05, 0) is 61.0 Å². The standard InChI is InChI=1S/C14H14N2O4S/c1-10(11-2-6-13(17)7-3-11)15-16-12-4-8-14(9-5-12)21(18,19)20/h2-9,16-17H,1H3,(H,18,19,20)/p-1. The molecule has 0 spiro atoms. The average Bonchev–Trinajstić information content (AvgIpc) is 2.45. The maximum atomic E-state index is 10.8. The summed E-state index contributed by atoms with van der Waals surface area (Å²) < 4.78 is 32.4. The maximum Gasteiger partial charge on any atom is 0.124 e. The van der Waals surface area contributed by atoms with Gasteiger partial charge in [0.05, 0.1) is 16.3 Å². The van der Waals surface area contributed by atoms with E-state index < -0.39 is 10.1 Å². The van der Waals surface area contributed by atoms with Crippen LogP contribution in [0.25, 0.3) is 0 Å². The number of hydrazone groups is 1. The highest BCUT2D eigenvalue weighted by atomic mass is 32.2. The molecular formula is C14H13N2O4S-. The number of nitrogens with one attached hydrogen (secondary N) is 1. The minimum absolute atomic E-state index is 0.175. The van der Waals surface area contributed by atoms with E-state index in [1.807, 2.05) is 0 Å². The van der Waals surface area contributed by atoms with E-state index in [1.54, 1.807) is 31.2 Å². The van der Waals surface area contributed by atoms with E-state index in [0.717, 1.165) is 5.56 Å². The topological polar surface area (TPSA) is 102 Å². The predicted octanol–water partition coefficient (Wildman–Crippen LogP) is 2.13. The molecule has 0 aliphatic carbocycles. The van der Waals surface area contributed by atoms with Crippen LogP contribution in [0.3, 0.4) is 0 Å². The molecule has 0 heterocycles. The Hall–Kier alpha value is -2.38. The highest BCUT2D eigenvalue weighted by Crippen LogP contribution is 2.14. The average molecular weight is 305 g/mol. The van der Waals surface area contributed by atoms with Gasteiger partial charge in [-0.1, -0.05) is 0 Å². The summed E-state index contributed by atoms with van der Waals surface area (Å²) in [6, 6.07) is 11.9. The Balaban J connectivity index is 2.11. The van der Waals surface area contributed by atoms with Crippen LogP contribution in [0.15, 0.2) is 58.5 Å². The first-order valence-electron chi connectivity index (χ1n) is 6.02. The molecule has 0 saturated heterocycles. The summed E-state index contributed by atoms with van der Waals surface area (Å²) >= 11 is 0. The molecule has 0 atom stereocenters. The number of phenols is 1. The molecule has 0 fully saturated rings. The lowest BCUT2D eigenvalue weighted by Gasteiger charge is -2.08. The Kier molecular flexibility index (Phi) is 4.25. The molecule has 0 aromatic heterocycles. The van der Waals surface area contributed by atoms with Crippen molar-refractivity contribution in [3.8, 4) is 5.75 Å². The van der Waals surface area contributed by atoms with Gasteiger partial charge in [0.2, 0.25) is 0 Å². The first-order chi connectivity index (χ1) is 9.86. The molecule has 110 valence electrons. The Morgan fingerprint density at radius 3 is 2.19 bits per heavy atom. The van der Waals surface area contributed by atoms with Gasteiger partial charge in [-0.2, -0.15) is 5.10 Å². The molecule has 6 nitrogen and oxygen atoms in total. The smallest absolute Gasteiger partial charge is 0.124 e. The molecule has 0 unspecified atom stereocenters. The summed E-state index contributed by atoms with van der Waals surface area (Å²) in [5.74, 6) is 0.175. The van der Waals surface area contributed by atoms with Crippen LogP contribution in [0.5, 0.6) is 5.75 Å². The molecule has 2 aromatic carbocycles. The highest BCUT2D eigenvalue weighted by molar-refractivity contribution is 7.85. The Morgan fingerprint density at radius 1 is 1.10 bits per heavy atom. The fourth-order valence-electron chi connectivity index (χ4n) is 1.61. The van der Waals surface area contributed by atoms with Gasteiger partial charge in [0.25, 0.3) is 0 Å². The van der Waals surface area contributed by atoms with E-state index in [-0.39, 0.29) is 10.6 Å². The zero-order chi connectivity index (χ0) is 15.5. The minimum atomic E-state index is -4.44. The summed E-state index contributed by atoms with van der Waals surface area (Å²) in [6.45, 7) is 1.79. The molecule has 7 heteroatoms. The lowest BCUT2D eigenvalue weighted by atomic mass is 10.1. The zero-order valence-electron chi connectivity index (χ0n) is 11.1. The van der Waals surface area contributed by atoms with Crippen molar-refractivity contribution in [1.29, 1.82) is 0 Å². The molecule has 2 rings (SSSR count). The minimum Gasteiger partial charge on any atom is -0.744 e. The molecule has 0 radical (unpaired) electrons. The quantitative estimate of drug-likeness (QED) is 0.512. The van der Waals surface area contributed by atoms with Gasteiger partial charge in [-0.3, -0.25) is 5.43 Å². The van der Waals surface area contributed by atoms with Crippen molar-refractivity contribution in [2.24, 2.45) is 5.10 Å². The summed E-state index contributed by atoms with van der Waals surface area (Å²) in [5, 5.41) is 13.4. The number of nitrogens with zero attached hydrogens (tertiary/aromatic N) is 1. The van der Waals surface area contributed by atoms with Crippen LogP contribution in [0.2, 0.25) is 0 Å². The van der Waals surface area contributed by atoms with Crippen molar-refractivity contribution in [3.63, 3.8) is 0 Å². The van der Waals surface area contributed by atoms with Crippen LogP contribution in [-0.2, 0) is 10.1 Å². The maximum absolute atomic E-state index is 10.8. The molecule has 0 saturated carbocycles. The third-order valence-electron chi connectivity index (χ3n) is 2.78. The lowest BCUT2D eigenvalue weighted by molar-refractivity contribution is 0.463. The third kappa shape index (κ3) is 4.04. The molecule has 0 bridgehead atoms. The Bertz CT molecular complexity index is 751. The van der Waals surface area contributed by atoms with Crippen LogP contribution in [-0.4, -0.2) is 23.8 Å². The number of aromatic hydroxyl groups is 1. The van der Waals surface area contributed by atoms with E-state index >= 15 is 0 Å². The Labute approximate surface area is 122 Å². The number of hydrogen-bond acceptors (Lipinski definition) is 6. The van der Waals surface area contributed by atoms with Crippen LogP contribution >= 0.6 is 0 Å². The SMILES string of the molecule is CC(=NNc1ccc(S(=O)(=O)[O-])cc1)c1ccc(O)cc1. The third-order valence-corrected chi connectivity index (χ3v) is 3.63. The van der Waals surface area contributed by atoms with E-state index in [9.17, 15) is 18.1 Å². The first kappa shape index (κ1) is 15.0. The van der Waals surface area contributed by atoms with Gasteiger partial charge >= 0.3 is 0 Å². The predicted molar refractivity (Wildman–Crippen MR) is 78.3 cm³/mol. The van der Waals surface area contributed by atoms with Gasteiger partial charge in [0, 0.05) is 0 Å². The number of anilines is 1. The molecule has 21 heavy (non-hydrogen) atoms. The second-order valence-corrected chi connectivity index (χ2v) is 5.71. The lowest BCUT2D eigenvalue weighted by Crippen LogP contribution is -2.01. The number of hydrogen-bond donors (Lipinski definition) is 2. The molecule has 2 N–H and O–H groups in total. The molecule has 0 aliphatic rings. The second-order valence-electron chi connectivity index (χ2n) is 4.33. The monoisotopic (exact) mass is 305 g/mol. The Morgan fingerprint density at radius 2 is 1.67 bits per heavy atom. The van der Waals surface area contributed by atoms with Crippen molar-refractivity contribution >= 4 is 21.5 Å². The summed E-state index contributed by atoms with van der Waals surface area (Å²) in [4.78, 5) is -0.285. The molecule has 2 aromatic rings. The highest BCUT2D eigenvalue weighted by Gasteiger charge is 2.01. The van der Waals surface area contributed by atoms with E-state index in [1.165, 1.54) is 24.3 Å². The number of phenolic OH excluding ortho intramolecular Hbond substituents is 1. The van der Waals surface area contributed by atoms with Gasteiger partial charge < -0.3 is 9.66 Å². The fraction of sp³-hybridized carbons (Fsp3) is 0.0714. The van der Waals surface area contributed by atoms with Gasteiger partial charge in [0.15, 0.2) is 0 Å². The van der Waals surface area contributed by atoms with Crippen LogP contribution in [0, 0.1) is 0 Å². The van der Waals surface area contributed by atoms with Crippen molar-refractivity contribution in [1.82, 2.24) is 0 Å². The number of rotatable bonds is 4. The number of benzene rings is 2.